The summed E-state index contributed by atoms with van der Waals surface area (Å²) in [6.07, 6.45) is 5.24. The van der Waals surface area contributed by atoms with Crippen LogP contribution in [0.5, 0.6) is 5.75 Å². The molecular weight excluding hydrogens is 344 g/mol. The van der Waals surface area contributed by atoms with Crippen LogP contribution in [0.25, 0.3) is 11.4 Å². The first-order valence-electron chi connectivity index (χ1n) is 8.78. The molecule has 0 saturated heterocycles. The van der Waals surface area contributed by atoms with Crippen LogP contribution >= 0.6 is 12.2 Å². The van der Waals surface area contributed by atoms with E-state index in [0.717, 1.165) is 29.9 Å². The Morgan fingerprint density at radius 2 is 1.88 bits per heavy atom. The molecule has 0 radical (unpaired) electrons. The first-order chi connectivity index (χ1) is 12.8. The molecule has 0 fully saturated rings. The predicted octanol–water partition coefficient (Wildman–Crippen LogP) is 5.06. The van der Waals surface area contributed by atoms with E-state index in [9.17, 15) is 0 Å². The molecule has 0 atom stereocenters. The van der Waals surface area contributed by atoms with Gasteiger partial charge in [-0.1, -0.05) is 50.1 Å². The summed E-state index contributed by atoms with van der Waals surface area (Å²) in [6.45, 7) is 2.94. The monoisotopic (exact) mass is 366 g/mol. The molecule has 0 aliphatic carbocycles. The third-order valence-corrected chi connectivity index (χ3v) is 4.17. The first-order valence-corrected chi connectivity index (χ1v) is 9.19. The molecule has 3 aromatic rings. The fourth-order valence-electron chi connectivity index (χ4n) is 2.49. The SMILES string of the molecule is CCCCCOc1ccc(C=Nn2c(-c3ccccc3)n[nH]c2=S)cc1. The summed E-state index contributed by atoms with van der Waals surface area (Å²) in [7, 11) is 0. The maximum atomic E-state index is 5.73. The van der Waals surface area contributed by atoms with Crippen molar-refractivity contribution in [1.82, 2.24) is 14.9 Å². The summed E-state index contributed by atoms with van der Waals surface area (Å²) in [5.41, 5.74) is 1.92. The molecule has 0 spiro atoms. The summed E-state index contributed by atoms with van der Waals surface area (Å²) in [5, 5.41) is 11.6. The fraction of sp³-hybridized carbons (Fsp3) is 0.250. The average Bonchev–Trinajstić information content (AvgIpc) is 3.06. The van der Waals surface area contributed by atoms with Crippen LogP contribution in [-0.4, -0.2) is 27.7 Å². The van der Waals surface area contributed by atoms with Gasteiger partial charge in [0.1, 0.15) is 5.75 Å². The highest BCUT2D eigenvalue weighted by Crippen LogP contribution is 2.17. The molecule has 3 rings (SSSR count). The van der Waals surface area contributed by atoms with Crippen molar-refractivity contribution in [2.24, 2.45) is 5.10 Å². The van der Waals surface area contributed by atoms with Gasteiger partial charge in [-0.2, -0.15) is 14.9 Å². The number of unbranched alkanes of at least 4 members (excludes halogenated alkanes) is 2. The Morgan fingerprint density at radius 3 is 2.62 bits per heavy atom. The smallest absolute Gasteiger partial charge is 0.216 e. The number of hydrogen-bond acceptors (Lipinski definition) is 4. The average molecular weight is 366 g/mol. The number of ether oxygens (including phenoxy) is 1. The molecule has 26 heavy (non-hydrogen) atoms. The summed E-state index contributed by atoms with van der Waals surface area (Å²) in [6, 6.07) is 17.7. The minimum absolute atomic E-state index is 0.455. The van der Waals surface area contributed by atoms with E-state index >= 15 is 0 Å². The number of nitrogens with zero attached hydrogens (tertiary/aromatic N) is 3. The molecule has 0 bridgehead atoms. The number of hydrogen-bond donors (Lipinski definition) is 1. The molecule has 0 saturated carbocycles. The molecule has 1 aromatic heterocycles. The van der Waals surface area contributed by atoms with Crippen LogP contribution < -0.4 is 4.74 Å². The quantitative estimate of drug-likeness (QED) is 0.344. The maximum Gasteiger partial charge on any atom is 0.216 e. The molecule has 0 aliphatic heterocycles. The second-order valence-electron chi connectivity index (χ2n) is 5.90. The van der Waals surface area contributed by atoms with E-state index in [0.29, 0.717) is 10.6 Å². The highest BCUT2D eigenvalue weighted by Gasteiger charge is 2.07. The Labute approximate surface area is 158 Å². The number of nitrogens with one attached hydrogen (secondary N) is 1. The van der Waals surface area contributed by atoms with Gasteiger partial charge in [-0.15, -0.1) is 0 Å². The summed E-state index contributed by atoms with van der Waals surface area (Å²) in [4.78, 5) is 0. The van der Waals surface area contributed by atoms with Crippen molar-refractivity contribution in [2.75, 3.05) is 6.61 Å². The fourth-order valence-corrected chi connectivity index (χ4v) is 2.67. The van der Waals surface area contributed by atoms with Gasteiger partial charge in [0.05, 0.1) is 12.8 Å². The van der Waals surface area contributed by atoms with Gasteiger partial charge in [-0.3, -0.25) is 0 Å². The van der Waals surface area contributed by atoms with Gasteiger partial charge in [0.2, 0.25) is 4.77 Å². The van der Waals surface area contributed by atoms with E-state index in [4.69, 9.17) is 17.0 Å². The minimum Gasteiger partial charge on any atom is -0.494 e. The second-order valence-corrected chi connectivity index (χ2v) is 6.29. The summed E-state index contributed by atoms with van der Waals surface area (Å²) >= 11 is 5.29. The van der Waals surface area contributed by atoms with Gasteiger partial charge in [-0.05, 0) is 48.5 Å². The lowest BCUT2D eigenvalue weighted by atomic mass is 10.2. The van der Waals surface area contributed by atoms with E-state index in [1.54, 1.807) is 10.9 Å². The Morgan fingerprint density at radius 1 is 1.12 bits per heavy atom. The van der Waals surface area contributed by atoms with Crippen molar-refractivity contribution in [3.05, 3.63) is 64.9 Å². The van der Waals surface area contributed by atoms with E-state index in [1.807, 2.05) is 54.6 Å². The molecular formula is C20H22N4OS. The van der Waals surface area contributed by atoms with Crippen molar-refractivity contribution >= 4 is 18.4 Å². The molecule has 0 amide bonds. The molecule has 134 valence electrons. The largest absolute Gasteiger partial charge is 0.494 e. The standard InChI is InChI=1S/C20H22N4OS/c1-2-3-7-14-25-18-12-10-16(11-13-18)15-21-24-19(22-23-20(24)26)17-8-5-4-6-9-17/h4-6,8-13,15H,2-3,7,14H2,1H3,(H,23,26). The van der Waals surface area contributed by atoms with Crippen molar-refractivity contribution in [3.8, 4) is 17.1 Å². The van der Waals surface area contributed by atoms with Crippen LogP contribution in [0, 0.1) is 4.77 Å². The van der Waals surface area contributed by atoms with Crippen molar-refractivity contribution in [3.63, 3.8) is 0 Å². The normalized spacial score (nSPS) is 11.1. The highest BCUT2D eigenvalue weighted by molar-refractivity contribution is 7.71. The molecule has 0 aliphatic rings. The van der Waals surface area contributed by atoms with Crippen molar-refractivity contribution < 1.29 is 4.74 Å². The molecule has 2 aromatic carbocycles. The number of aromatic nitrogens is 3. The molecule has 1 heterocycles. The van der Waals surface area contributed by atoms with Gasteiger partial charge in [0, 0.05) is 5.56 Å². The van der Waals surface area contributed by atoms with E-state index < -0.39 is 0 Å². The van der Waals surface area contributed by atoms with Crippen molar-refractivity contribution in [1.29, 1.82) is 0 Å². The number of rotatable bonds is 8. The molecule has 6 heteroatoms. The van der Waals surface area contributed by atoms with Gasteiger partial charge >= 0.3 is 0 Å². The highest BCUT2D eigenvalue weighted by atomic mass is 32.1. The minimum atomic E-state index is 0.455. The van der Waals surface area contributed by atoms with Crippen LogP contribution in [0.1, 0.15) is 31.7 Å². The lowest BCUT2D eigenvalue weighted by Gasteiger charge is -2.05. The van der Waals surface area contributed by atoms with Gasteiger partial charge in [0.15, 0.2) is 5.82 Å². The number of H-pyrrole nitrogens is 1. The lowest BCUT2D eigenvalue weighted by Crippen LogP contribution is -1.97. The molecule has 5 nitrogen and oxygen atoms in total. The zero-order valence-corrected chi connectivity index (χ0v) is 15.6. The van der Waals surface area contributed by atoms with Crippen LogP contribution in [-0.2, 0) is 0 Å². The topological polar surface area (TPSA) is 55.2 Å². The summed E-state index contributed by atoms with van der Waals surface area (Å²) in [5.74, 6) is 1.56. The van der Waals surface area contributed by atoms with Gasteiger partial charge in [0.25, 0.3) is 0 Å². The van der Waals surface area contributed by atoms with E-state index in [-0.39, 0.29) is 0 Å². The lowest BCUT2D eigenvalue weighted by molar-refractivity contribution is 0.306. The Balaban J connectivity index is 1.71. The first kappa shape index (κ1) is 18.1. The second kappa shape index (κ2) is 9.10. The molecule has 0 unspecified atom stereocenters. The predicted molar refractivity (Wildman–Crippen MR) is 107 cm³/mol. The number of aromatic amines is 1. The molecule has 1 N–H and O–H groups in total. The Bertz CT molecular complexity index is 898. The Kier molecular flexibility index (Phi) is 6.33. The van der Waals surface area contributed by atoms with E-state index in [1.165, 1.54) is 12.8 Å². The van der Waals surface area contributed by atoms with Crippen LogP contribution in [0.2, 0.25) is 0 Å². The van der Waals surface area contributed by atoms with Crippen LogP contribution in [0.15, 0.2) is 59.7 Å². The van der Waals surface area contributed by atoms with Crippen molar-refractivity contribution in [2.45, 2.75) is 26.2 Å². The van der Waals surface area contributed by atoms with Crippen LogP contribution in [0.4, 0.5) is 0 Å². The third-order valence-electron chi connectivity index (χ3n) is 3.90. The Hall–Kier alpha value is -2.73. The van der Waals surface area contributed by atoms with E-state index in [2.05, 4.69) is 22.2 Å². The summed E-state index contributed by atoms with van der Waals surface area (Å²) < 4.78 is 7.81. The van der Waals surface area contributed by atoms with Gasteiger partial charge in [-0.25, -0.2) is 5.10 Å². The zero-order valence-electron chi connectivity index (χ0n) is 14.8. The van der Waals surface area contributed by atoms with Crippen LogP contribution in [0.3, 0.4) is 0 Å². The zero-order chi connectivity index (χ0) is 18.2. The van der Waals surface area contributed by atoms with Gasteiger partial charge < -0.3 is 4.74 Å². The maximum absolute atomic E-state index is 5.73. The number of benzene rings is 2. The third kappa shape index (κ3) is 4.67.